The van der Waals surface area contributed by atoms with Gasteiger partial charge >= 0.3 is 35.6 Å². The fourth-order valence-corrected chi connectivity index (χ4v) is 3.86. The van der Waals surface area contributed by atoms with Crippen molar-refractivity contribution >= 4 is 30.5 Å². The summed E-state index contributed by atoms with van der Waals surface area (Å²) >= 11 is -0.556. The standard InChI is InChI=1S/C23H29NO.2ClH.Ti/c1-17-14-20(16-24-22-13-9-8-10-18(22)2)23(25)21(15-17)19-11-6-4-3-5-7-12-19;;;/h8-10,13-16,19,25H,3-7,11-12H2,1-2H3;2*1H;/q;;;+2/p-2. The number of aliphatic imine (C=N–C) groups is 1. The Kier molecular flexibility index (Phi) is 10.7. The molecule has 1 aliphatic carbocycles. The fourth-order valence-electron chi connectivity index (χ4n) is 3.86. The van der Waals surface area contributed by atoms with E-state index in [4.69, 9.17) is 18.6 Å². The molecule has 1 aliphatic rings. The Morgan fingerprint density at radius 3 is 2.25 bits per heavy atom. The molecule has 3 rings (SSSR count). The molecule has 0 aromatic heterocycles. The van der Waals surface area contributed by atoms with E-state index < -0.39 is 17.0 Å². The number of hydrogen-bond acceptors (Lipinski definition) is 2. The van der Waals surface area contributed by atoms with Crippen LogP contribution in [0.4, 0.5) is 5.69 Å². The van der Waals surface area contributed by atoms with Gasteiger partial charge in [0.2, 0.25) is 0 Å². The Morgan fingerprint density at radius 1 is 1.00 bits per heavy atom. The Labute approximate surface area is 186 Å². The summed E-state index contributed by atoms with van der Waals surface area (Å²) in [5, 5.41) is 10.9. The van der Waals surface area contributed by atoms with Crippen molar-refractivity contribution in [1.29, 1.82) is 0 Å². The van der Waals surface area contributed by atoms with Crippen molar-refractivity contribution in [2.45, 2.75) is 64.7 Å². The maximum atomic E-state index is 10.9. The zero-order valence-electron chi connectivity index (χ0n) is 16.7. The van der Waals surface area contributed by atoms with Gasteiger partial charge in [-0.15, -0.1) is 0 Å². The Hall–Kier alpha value is -0.796. The molecule has 0 heterocycles. The first-order chi connectivity index (χ1) is 13.6. The predicted molar refractivity (Wildman–Crippen MR) is 118 cm³/mol. The van der Waals surface area contributed by atoms with E-state index in [2.05, 4.69) is 31.0 Å². The summed E-state index contributed by atoms with van der Waals surface area (Å²) in [4.78, 5) is 4.61. The molecule has 1 saturated carbocycles. The van der Waals surface area contributed by atoms with E-state index in [0.717, 1.165) is 22.4 Å². The van der Waals surface area contributed by atoms with Gasteiger partial charge < -0.3 is 5.11 Å². The van der Waals surface area contributed by atoms with E-state index in [1.165, 1.54) is 50.5 Å². The summed E-state index contributed by atoms with van der Waals surface area (Å²) in [6, 6.07) is 12.3. The zero-order chi connectivity index (χ0) is 20.4. The number of aromatic hydroxyl groups is 1. The van der Waals surface area contributed by atoms with E-state index >= 15 is 0 Å². The van der Waals surface area contributed by atoms with Gasteiger partial charge in [-0.3, -0.25) is 4.99 Å². The van der Waals surface area contributed by atoms with Gasteiger partial charge in [0.1, 0.15) is 5.75 Å². The van der Waals surface area contributed by atoms with Crippen LogP contribution >= 0.6 is 18.6 Å². The molecule has 0 amide bonds. The molecule has 1 fully saturated rings. The summed E-state index contributed by atoms with van der Waals surface area (Å²) in [6.45, 7) is 4.17. The first-order valence-corrected chi connectivity index (χ1v) is 14.3. The Morgan fingerprint density at radius 2 is 1.61 bits per heavy atom. The number of hydrogen-bond donors (Lipinski definition) is 1. The van der Waals surface area contributed by atoms with Gasteiger partial charge in [-0.2, -0.15) is 0 Å². The second kappa shape index (κ2) is 12.7. The Bertz CT molecular complexity index is 771. The number of phenols is 1. The monoisotopic (exact) mass is 453 g/mol. The van der Waals surface area contributed by atoms with Crippen LogP contribution in [0.1, 0.15) is 73.1 Å². The van der Waals surface area contributed by atoms with E-state index in [1.54, 1.807) is 0 Å². The molecule has 0 unspecified atom stereocenters. The molecule has 0 bridgehead atoms. The number of halogens is 2. The first-order valence-electron chi connectivity index (χ1n) is 9.96. The molecule has 0 atom stereocenters. The molecule has 2 aromatic carbocycles. The van der Waals surface area contributed by atoms with Crippen LogP contribution in [0, 0.1) is 13.8 Å². The third-order valence-electron chi connectivity index (χ3n) is 5.32. The van der Waals surface area contributed by atoms with Crippen LogP contribution < -0.4 is 0 Å². The third kappa shape index (κ3) is 7.23. The number of aryl methyl sites for hydroxylation is 2. The normalized spacial score (nSPS) is 15.4. The van der Waals surface area contributed by atoms with E-state index in [0.29, 0.717) is 11.7 Å². The number of benzene rings is 2. The quantitative estimate of drug-likeness (QED) is 0.370. The van der Waals surface area contributed by atoms with Crippen molar-refractivity contribution in [1.82, 2.24) is 0 Å². The van der Waals surface area contributed by atoms with Crippen LogP contribution in [-0.4, -0.2) is 11.3 Å². The minimum atomic E-state index is -0.556. The van der Waals surface area contributed by atoms with Crippen LogP contribution in [0.5, 0.6) is 5.75 Å². The molecular formula is C23H29Cl2NOTi. The van der Waals surface area contributed by atoms with E-state index in [-0.39, 0.29) is 0 Å². The van der Waals surface area contributed by atoms with Crippen LogP contribution in [0.15, 0.2) is 41.4 Å². The van der Waals surface area contributed by atoms with Crippen LogP contribution in [0.2, 0.25) is 0 Å². The Balaban J connectivity index is 0.000000878. The summed E-state index contributed by atoms with van der Waals surface area (Å²) in [5.41, 5.74) is 5.25. The summed E-state index contributed by atoms with van der Waals surface area (Å²) in [7, 11) is 9.78. The molecular weight excluding hydrogens is 425 g/mol. The van der Waals surface area contributed by atoms with Crippen LogP contribution in [-0.2, 0) is 17.0 Å². The van der Waals surface area contributed by atoms with Gasteiger partial charge in [0.05, 0.1) is 5.69 Å². The van der Waals surface area contributed by atoms with Crippen LogP contribution in [0.3, 0.4) is 0 Å². The van der Waals surface area contributed by atoms with E-state index in [1.807, 2.05) is 30.5 Å². The average molecular weight is 454 g/mol. The van der Waals surface area contributed by atoms with Crippen molar-refractivity contribution in [3.8, 4) is 5.75 Å². The third-order valence-corrected chi connectivity index (χ3v) is 5.32. The predicted octanol–water partition coefficient (Wildman–Crippen LogP) is 7.96. The van der Waals surface area contributed by atoms with Crippen molar-refractivity contribution in [2.75, 3.05) is 0 Å². The number of nitrogens with zero attached hydrogens (tertiary/aromatic N) is 1. The van der Waals surface area contributed by atoms with Crippen molar-refractivity contribution < 1.29 is 22.1 Å². The average Bonchev–Trinajstić information content (AvgIpc) is 2.64. The molecule has 0 radical (unpaired) electrons. The second-order valence-corrected chi connectivity index (χ2v) is 10.0. The van der Waals surface area contributed by atoms with Crippen LogP contribution in [0.25, 0.3) is 0 Å². The maximum absolute atomic E-state index is 10.9. The van der Waals surface area contributed by atoms with Gasteiger partial charge in [-0.05, 0) is 61.4 Å². The van der Waals surface area contributed by atoms with Gasteiger partial charge in [-0.25, -0.2) is 0 Å². The SMILES string of the molecule is Cc1cc(C=Nc2ccccc2C)c(O)c(C2CCCCCCC2)c1.[Cl][Ti][Cl]. The molecule has 28 heavy (non-hydrogen) atoms. The van der Waals surface area contributed by atoms with Gasteiger partial charge in [0.15, 0.2) is 0 Å². The van der Waals surface area contributed by atoms with Crippen molar-refractivity contribution in [2.24, 2.45) is 4.99 Å². The summed E-state index contributed by atoms with van der Waals surface area (Å²) in [5.74, 6) is 0.902. The van der Waals surface area contributed by atoms with Gasteiger partial charge in [-0.1, -0.05) is 56.4 Å². The zero-order valence-corrected chi connectivity index (χ0v) is 19.8. The van der Waals surface area contributed by atoms with Gasteiger partial charge in [0.25, 0.3) is 0 Å². The molecule has 5 heteroatoms. The first kappa shape index (κ1) is 23.5. The second-order valence-electron chi connectivity index (χ2n) is 7.45. The molecule has 0 spiro atoms. The van der Waals surface area contributed by atoms with Crippen molar-refractivity contribution in [3.05, 3.63) is 58.7 Å². The number of para-hydroxylation sites is 1. The van der Waals surface area contributed by atoms with Crippen molar-refractivity contribution in [3.63, 3.8) is 0 Å². The molecule has 0 aliphatic heterocycles. The molecule has 150 valence electrons. The fraction of sp³-hybridized carbons (Fsp3) is 0.435. The van der Waals surface area contributed by atoms with Gasteiger partial charge in [0, 0.05) is 11.8 Å². The number of rotatable bonds is 3. The number of phenolic OH excluding ortho intramolecular Hbond substituents is 1. The summed E-state index contributed by atoms with van der Waals surface area (Å²) < 4.78 is 0. The molecule has 2 aromatic rings. The van der Waals surface area contributed by atoms with E-state index in [9.17, 15) is 5.11 Å². The molecule has 0 saturated heterocycles. The summed E-state index contributed by atoms with van der Waals surface area (Å²) in [6.07, 6.45) is 10.7. The topological polar surface area (TPSA) is 32.6 Å². The molecule has 2 nitrogen and oxygen atoms in total. The molecule has 1 N–H and O–H groups in total. The minimum absolute atomic E-state index is 0.425.